The van der Waals surface area contributed by atoms with Gasteiger partial charge in [0.15, 0.2) is 0 Å². The predicted molar refractivity (Wildman–Crippen MR) is 135 cm³/mol. The number of hydrogen-bond acceptors (Lipinski definition) is 2. The van der Waals surface area contributed by atoms with Crippen LogP contribution in [0, 0.1) is 0 Å². The lowest BCUT2D eigenvalue weighted by molar-refractivity contribution is 0.493. The van der Waals surface area contributed by atoms with E-state index in [9.17, 15) is 0 Å². The highest BCUT2D eigenvalue weighted by Gasteiger charge is 2.38. The molecule has 1 atom stereocenters. The number of nitrogens with one attached hydrogen (secondary N) is 1. The van der Waals surface area contributed by atoms with Crippen molar-refractivity contribution in [2.45, 2.75) is 25.4 Å². The Kier molecular flexibility index (Phi) is 5.74. The van der Waals surface area contributed by atoms with Crippen molar-refractivity contribution in [2.24, 2.45) is 4.99 Å². The third-order valence-electron chi connectivity index (χ3n) is 6.40. The Balaban J connectivity index is 1.68. The van der Waals surface area contributed by atoms with E-state index in [1.165, 1.54) is 27.6 Å². The largest absolute Gasteiger partial charge is 0.328 e. The van der Waals surface area contributed by atoms with Gasteiger partial charge in [-0.2, -0.15) is 0 Å². The maximum atomic E-state index is 5.29. The molecule has 1 saturated heterocycles. The van der Waals surface area contributed by atoms with Crippen LogP contribution in [0.4, 0.5) is 5.69 Å². The van der Waals surface area contributed by atoms with Crippen LogP contribution in [0.2, 0.25) is 0 Å². The number of benzene rings is 4. The first-order valence-electron chi connectivity index (χ1n) is 11.4. The molecule has 0 spiro atoms. The van der Waals surface area contributed by atoms with Gasteiger partial charge >= 0.3 is 0 Å². The van der Waals surface area contributed by atoms with Gasteiger partial charge in [0.05, 0.1) is 12.1 Å². The van der Waals surface area contributed by atoms with E-state index in [4.69, 9.17) is 4.99 Å². The summed E-state index contributed by atoms with van der Waals surface area (Å²) in [4.78, 5) is 7.73. The fourth-order valence-electron chi connectivity index (χ4n) is 4.70. The van der Waals surface area contributed by atoms with Gasteiger partial charge in [0.1, 0.15) is 5.84 Å². The number of anilines is 1. The van der Waals surface area contributed by atoms with Crippen molar-refractivity contribution in [3.8, 4) is 0 Å². The van der Waals surface area contributed by atoms with Crippen LogP contribution < -0.4 is 10.2 Å². The number of amidine groups is 1. The first-order chi connectivity index (χ1) is 15.8. The molecule has 1 heterocycles. The molecule has 1 N–H and O–H groups in total. The highest BCUT2D eigenvalue weighted by molar-refractivity contribution is 6.10. The quantitative estimate of drug-likeness (QED) is 0.429. The number of nitrogens with zero attached hydrogens (tertiary/aromatic N) is 2. The molecule has 0 bridgehead atoms. The van der Waals surface area contributed by atoms with Crippen LogP contribution in [0.1, 0.15) is 24.5 Å². The molecular formula is C29H29N3. The maximum absolute atomic E-state index is 5.29. The van der Waals surface area contributed by atoms with Crippen LogP contribution in [-0.4, -0.2) is 18.9 Å². The van der Waals surface area contributed by atoms with E-state index in [1.807, 2.05) is 0 Å². The number of fused-ring (bicyclic) bond motifs is 1. The summed E-state index contributed by atoms with van der Waals surface area (Å²) in [6.45, 7) is 4.80. The third-order valence-corrected chi connectivity index (χ3v) is 6.40. The van der Waals surface area contributed by atoms with E-state index in [0.29, 0.717) is 6.54 Å². The molecule has 5 rings (SSSR count). The third kappa shape index (κ3) is 3.92. The summed E-state index contributed by atoms with van der Waals surface area (Å²) in [6.07, 6.45) is 1.05. The van der Waals surface area contributed by atoms with Crippen molar-refractivity contribution in [3.05, 3.63) is 114 Å². The standard InChI is InChI=1S/C29H29N3/c1-29(25-16-6-3-7-17-25)28(30-22-23-12-4-2-5-13-23)32(21-11-20-31-29)27-19-10-15-24-14-8-9-18-26(24)27/h2-10,12-19,31H,11,20-22H2,1H3. The zero-order valence-electron chi connectivity index (χ0n) is 18.5. The minimum Gasteiger partial charge on any atom is -0.328 e. The minimum atomic E-state index is -0.385. The second-order valence-corrected chi connectivity index (χ2v) is 8.55. The van der Waals surface area contributed by atoms with E-state index in [-0.39, 0.29) is 5.54 Å². The molecule has 1 fully saturated rings. The lowest BCUT2D eigenvalue weighted by Gasteiger charge is -2.37. The highest BCUT2D eigenvalue weighted by Crippen LogP contribution is 2.34. The first-order valence-corrected chi connectivity index (χ1v) is 11.4. The molecule has 0 saturated carbocycles. The molecule has 3 nitrogen and oxygen atoms in total. The minimum absolute atomic E-state index is 0.385. The normalized spacial score (nSPS) is 20.4. The van der Waals surface area contributed by atoms with Gasteiger partial charge in [-0.25, -0.2) is 0 Å². The van der Waals surface area contributed by atoms with Gasteiger partial charge in [-0.15, -0.1) is 0 Å². The van der Waals surface area contributed by atoms with Crippen molar-refractivity contribution in [3.63, 3.8) is 0 Å². The average molecular weight is 420 g/mol. The molecule has 0 aliphatic carbocycles. The average Bonchev–Trinajstić information content (AvgIpc) is 3.03. The maximum Gasteiger partial charge on any atom is 0.129 e. The topological polar surface area (TPSA) is 27.6 Å². The first kappa shape index (κ1) is 20.5. The van der Waals surface area contributed by atoms with Crippen LogP contribution in [0.25, 0.3) is 10.8 Å². The van der Waals surface area contributed by atoms with Gasteiger partial charge in [-0.3, -0.25) is 4.99 Å². The van der Waals surface area contributed by atoms with Gasteiger partial charge in [0, 0.05) is 17.6 Å². The smallest absolute Gasteiger partial charge is 0.129 e. The molecule has 0 radical (unpaired) electrons. The van der Waals surface area contributed by atoms with E-state index in [0.717, 1.165) is 25.3 Å². The monoisotopic (exact) mass is 419 g/mol. The summed E-state index contributed by atoms with van der Waals surface area (Å²) in [5.41, 5.74) is 3.29. The number of rotatable bonds is 4. The summed E-state index contributed by atoms with van der Waals surface area (Å²) in [7, 11) is 0. The summed E-state index contributed by atoms with van der Waals surface area (Å²) in [6, 6.07) is 36.5. The Morgan fingerprint density at radius 2 is 1.50 bits per heavy atom. The van der Waals surface area contributed by atoms with Crippen molar-refractivity contribution in [1.82, 2.24) is 5.32 Å². The van der Waals surface area contributed by atoms with Crippen LogP contribution in [0.3, 0.4) is 0 Å². The summed E-state index contributed by atoms with van der Waals surface area (Å²) >= 11 is 0. The molecule has 0 amide bonds. The molecule has 1 aliphatic rings. The second kappa shape index (κ2) is 8.97. The molecule has 3 heteroatoms. The predicted octanol–water partition coefficient (Wildman–Crippen LogP) is 6.15. The number of hydrogen-bond donors (Lipinski definition) is 1. The van der Waals surface area contributed by atoms with Crippen molar-refractivity contribution < 1.29 is 0 Å². The fourth-order valence-corrected chi connectivity index (χ4v) is 4.70. The van der Waals surface area contributed by atoms with Crippen LogP contribution in [0.5, 0.6) is 0 Å². The van der Waals surface area contributed by atoms with E-state index >= 15 is 0 Å². The lowest BCUT2D eigenvalue weighted by atomic mass is 9.89. The van der Waals surface area contributed by atoms with E-state index in [2.05, 4.69) is 120 Å². The number of aliphatic imine (C=N–C) groups is 1. The summed E-state index contributed by atoms with van der Waals surface area (Å²) < 4.78 is 0. The van der Waals surface area contributed by atoms with Crippen LogP contribution in [-0.2, 0) is 12.1 Å². The Bertz CT molecular complexity index is 1210. The van der Waals surface area contributed by atoms with Gasteiger partial charge < -0.3 is 10.2 Å². The van der Waals surface area contributed by atoms with Crippen LogP contribution in [0.15, 0.2) is 108 Å². The van der Waals surface area contributed by atoms with Crippen LogP contribution >= 0.6 is 0 Å². The molecule has 1 aliphatic heterocycles. The van der Waals surface area contributed by atoms with Crippen molar-refractivity contribution >= 4 is 22.3 Å². The molecular weight excluding hydrogens is 390 g/mol. The zero-order chi connectivity index (χ0) is 21.8. The van der Waals surface area contributed by atoms with Gasteiger partial charge in [-0.05, 0) is 42.5 Å². The zero-order valence-corrected chi connectivity index (χ0v) is 18.5. The van der Waals surface area contributed by atoms with Gasteiger partial charge in [-0.1, -0.05) is 97.1 Å². The molecule has 160 valence electrons. The fraction of sp³-hybridized carbons (Fsp3) is 0.207. The lowest BCUT2D eigenvalue weighted by Crippen LogP contribution is -2.52. The Morgan fingerprint density at radius 3 is 2.31 bits per heavy atom. The molecule has 4 aromatic carbocycles. The van der Waals surface area contributed by atoms with Gasteiger partial charge in [0.25, 0.3) is 0 Å². The molecule has 32 heavy (non-hydrogen) atoms. The van der Waals surface area contributed by atoms with Gasteiger partial charge in [0.2, 0.25) is 0 Å². The Hall–Kier alpha value is -3.43. The highest BCUT2D eigenvalue weighted by atomic mass is 15.3. The van der Waals surface area contributed by atoms with E-state index in [1.54, 1.807) is 0 Å². The second-order valence-electron chi connectivity index (χ2n) is 8.55. The molecule has 4 aromatic rings. The molecule has 0 aromatic heterocycles. The SMILES string of the molecule is CC1(c2ccccc2)NCCCN(c2cccc3ccccc23)C1=NCc1ccccc1. The van der Waals surface area contributed by atoms with Crippen molar-refractivity contribution in [1.29, 1.82) is 0 Å². The van der Waals surface area contributed by atoms with E-state index < -0.39 is 0 Å². The van der Waals surface area contributed by atoms with Crippen molar-refractivity contribution in [2.75, 3.05) is 18.0 Å². The molecule has 1 unspecified atom stereocenters. The Morgan fingerprint density at radius 1 is 0.812 bits per heavy atom. The Labute approximate surface area is 190 Å². The summed E-state index contributed by atoms with van der Waals surface area (Å²) in [5.74, 6) is 1.07. The summed E-state index contributed by atoms with van der Waals surface area (Å²) in [5, 5.41) is 6.36.